The highest BCUT2D eigenvalue weighted by Crippen LogP contribution is 2.30. The molecule has 1 aromatic rings. The van der Waals surface area contributed by atoms with Crippen molar-refractivity contribution in [1.82, 2.24) is 4.98 Å². The van der Waals surface area contributed by atoms with Gasteiger partial charge in [0.1, 0.15) is 10.6 Å². The van der Waals surface area contributed by atoms with Crippen molar-refractivity contribution < 1.29 is 14.3 Å². The van der Waals surface area contributed by atoms with E-state index in [1.54, 1.807) is 18.4 Å². The molecule has 0 bridgehead atoms. The molecule has 1 heterocycles. The first-order valence-electron chi connectivity index (χ1n) is 5.62. The maximum atomic E-state index is 11.0. The molecule has 0 saturated heterocycles. The highest BCUT2D eigenvalue weighted by molar-refractivity contribution is 7.09. The van der Waals surface area contributed by atoms with E-state index >= 15 is 0 Å². The number of hydrogen-bond acceptors (Lipinski definition) is 5. The van der Waals surface area contributed by atoms with E-state index in [1.807, 2.05) is 12.3 Å². The van der Waals surface area contributed by atoms with Crippen molar-refractivity contribution in [3.8, 4) is 0 Å². The second kappa shape index (κ2) is 6.12. The maximum Gasteiger partial charge on any atom is 0.305 e. The van der Waals surface area contributed by atoms with Crippen LogP contribution in [0.25, 0.3) is 0 Å². The molecule has 0 aliphatic rings. The maximum absolute atomic E-state index is 11.0. The Kier molecular flexibility index (Phi) is 5.08. The summed E-state index contributed by atoms with van der Waals surface area (Å²) >= 11 is 1.58. The number of hydrogen-bond donors (Lipinski definition) is 0. The molecule has 1 atom stereocenters. The van der Waals surface area contributed by atoms with Crippen molar-refractivity contribution in [1.29, 1.82) is 0 Å². The number of carbonyl (C=O) groups is 1. The summed E-state index contributed by atoms with van der Waals surface area (Å²) in [5.41, 5.74) is 0.598. The third-order valence-corrected chi connectivity index (χ3v) is 4.08. The molecular formula is C12H19NO3S. The molecule has 0 saturated carbocycles. The molecule has 96 valence electrons. The van der Waals surface area contributed by atoms with Gasteiger partial charge in [0, 0.05) is 18.9 Å². The van der Waals surface area contributed by atoms with Crippen LogP contribution in [0.5, 0.6) is 0 Å². The fourth-order valence-corrected chi connectivity index (χ4v) is 2.44. The number of carbonyl (C=O) groups excluding carboxylic acids is 1. The Balaban J connectivity index is 2.68. The normalized spacial score (nSPS) is 14.4. The zero-order chi connectivity index (χ0) is 12.9. The van der Waals surface area contributed by atoms with Crippen molar-refractivity contribution in [3.63, 3.8) is 0 Å². The Morgan fingerprint density at radius 2 is 2.24 bits per heavy atom. The summed E-state index contributed by atoms with van der Waals surface area (Å²) in [5.74, 6) is -0.204. The molecule has 17 heavy (non-hydrogen) atoms. The van der Waals surface area contributed by atoms with Crippen LogP contribution in [-0.2, 0) is 26.3 Å². The number of rotatable bonds is 6. The number of aromatic nitrogens is 1. The van der Waals surface area contributed by atoms with E-state index in [1.165, 1.54) is 7.11 Å². The van der Waals surface area contributed by atoms with E-state index in [4.69, 9.17) is 4.74 Å². The fraction of sp³-hybridized carbons (Fsp3) is 0.667. The average Bonchev–Trinajstić information content (AvgIpc) is 2.84. The minimum absolute atomic E-state index is 0.204. The molecule has 1 rings (SSSR count). The van der Waals surface area contributed by atoms with Crippen LogP contribution in [0.15, 0.2) is 5.38 Å². The van der Waals surface area contributed by atoms with Crippen molar-refractivity contribution in [3.05, 3.63) is 16.1 Å². The van der Waals surface area contributed by atoms with Gasteiger partial charge in [0.25, 0.3) is 0 Å². The molecule has 0 N–H and O–H groups in total. The minimum atomic E-state index is -0.325. The van der Waals surface area contributed by atoms with Crippen molar-refractivity contribution in [2.24, 2.45) is 0 Å². The van der Waals surface area contributed by atoms with Gasteiger partial charge in [-0.1, -0.05) is 6.92 Å². The van der Waals surface area contributed by atoms with Crippen LogP contribution in [0.1, 0.15) is 37.4 Å². The summed E-state index contributed by atoms with van der Waals surface area (Å²) in [6.45, 7) is 4.09. The van der Waals surface area contributed by atoms with E-state index in [9.17, 15) is 4.79 Å². The lowest BCUT2D eigenvalue weighted by atomic mass is 10.1. The Morgan fingerprint density at radius 3 is 2.76 bits per heavy atom. The molecule has 0 fully saturated rings. The molecule has 0 aromatic carbocycles. The Bertz CT molecular complexity index is 372. The van der Waals surface area contributed by atoms with Crippen molar-refractivity contribution in [2.75, 3.05) is 14.2 Å². The van der Waals surface area contributed by atoms with Gasteiger partial charge in [-0.15, -0.1) is 11.3 Å². The van der Waals surface area contributed by atoms with Crippen LogP contribution in [0, 0.1) is 0 Å². The van der Waals surface area contributed by atoms with Crippen LogP contribution in [0.3, 0.4) is 0 Å². The standard InChI is InChI=1S/C12H19NO3S/c1-5-12(2,16-4)11-13-9(8-17-11)6-7-10(14)15-3/h8H,5-7H2,1-4H3. The third-order valence-electron chi connectivity index (χ3n) is 2.94. The molecule has 1 unspecified atom stereocenters. The van der Waals surface area contributed by atoms with Gasteiger partial charge in [0.2, 0.25) is 0 Å². The Hall–Kier alpha value is -0.940. The van der Waals surface area contributed by atoms with Gasteiger partial charge in [-0.05, 0) is 13.3 Å². The number of nitrogens with zero attached hydrogens (tertiary/aromatic N) is 1. The van der Waals surface area contributed by atoms with Gasteiger partial charge < -0.3 is 9.47 Å². The Morgan fingerprint density at radius 1 is 1.53 bits per heavy atom. The summed E-state index contributed by atoms with van der Waals surface area (Å²) in [5, 5.41) is 2.94. The summed E-state index contributed by atoms with van der Waals surface area (Å²) in [6.07, 6.45) is 1.86. The molecule has 0 spiro atoms. The van der Waals surface area contributed by atoms with Crippen molar-refractivity contribution in [2.45, 2.75) is 38.7 Å². The zero-order valence-corrected chi connectivity index (χ0v) is 11.6. The first-order chi connectivity index (χ1) is 8.05. The fourth-order valence-electron chi connectivity index (χ4n) is 1.38. The van der Waals surface area contributed by atoms with E-state index in [-0.39, 0.29) is 11.6 Å². The first kappa shape index (κ1) is 14.1. The molecule has 0 amide bonds. The molecule has 0 radical (unpaired) electrons. The lowest BCUT2D eigenvalue weighted by Gasteiger charge is -2.23. The SMILES string of the molecule is CCC(C)(OC)c1nc(CCC(=O)OC)cs1. The summed E-state index contributed by atoms with van der Waals surface area (Å²) in [4.78, 5) is 15.5. The molecule has 1 aromatic heterocycles. The molecule has 0 aliphatic carbocycles. The largest absolute Gasteiger partial charge is 0.469 e. The quantitative estimate of drug-likeness (QED) is 0.735. The number of esters is 1. The number of thiazole rings is 1. The van der Waals surface area contributed by atoms with E-state index < -0.39 is 0 Å². The smallest absolute Gasteiger partial charge is 0.305 e. The second-order valence-electron chi connectivity index (χ2n) is 4.01. The monoisotopic (exact) mass is 257 g/mol. The third kappa shape index (κ3) is 3.51. The van der Waals surface area contributed by atoms with Gasteiger partial charge in [0.15, 0.2) is 0 Å². The number of methoxy groups -OCH3 is 2. The highest BCUT2D eigenvalue weighted by Gasteiger charge is 2.27. The molecule has 0 aliphatic heterocycles. The highest BCUT2D eigenvalue weighted by atomic mass is 32.1. The van der Waals surface area contributed by atoms with Crippen LogP contribution in [0.4, 0.5) is 0 Å². The molecule has 5 heteroatoms. The predicted octanol–water partition coefficient (Wildman–Crippen LogP) is 2.52. The minimum Gasteiger partial charge on any atom is -0.469 e. The lowest BCUT2D eigenvalue weighted by molar-refractivity contribution is -0.140. The van der Waals surface area contributed by atoms with Gasteiger partial charge in [0.05, 0.1) is 19.2 Å². The summed E-state index contributed by atoms with van der Waals surface area (Å²) < 4.78 is 10.1. The summed E-state index contributed by atoms with van der Waals surface area (Å²) in [6, 6.07) is 0. The van der Waals surface area contributed by atoms with Gasteiger partial charge in [-0.25, -0.2) is 4.98 Å². The predicted molar refractivity (Wildman–Crippen MR) is 67.1 cm³/mol. The van der Waals surface area contributed by atoms with Gasteiger partial charge in [-0.2, -0.15) is 0 Å². The molecular weight excluding hydrogens is 238 g/mol. The van der Waals surface area contributed by atoms with Crippen molar-refractivity contribution >= 4 is 17.3 Å². The van der Waals surface area contributed by atoms with E-state index in [2.05, 4.69) is 16.6 Å². The van der Waals surface area contributed by atoms with E-state index in [0.29, 0.717) is 12.8 Å². The zero-order valence-electron chi connectivity index (χ0n) is 10.8. The number of ether oxygens (including phenoxy) is 2. The van der Waals surface area contributed by atoms with Crippen LogP contribution in [-0.4, -0.2) is 25.2 Å². The molecule has 4 nitrogen and oxygen atoms in total. The summed E-state index contributed by atoms with van der Waals surface area (Å²) in [7, 11) is 3.09. The number of aryl methyl sites for hydroxylation is 1. The van der Waals surface area contributed by atoms with Crippen LogP contribution >= 0.6 is 11.3 Å². The van der Waals surface area contributed by atoms with Crippen LogP contribution in [0.2, 0.25) is 0 Å². The topological polar surface area (TPSA) is 48.4 Å². The van der Waals surface area contributed by atoms with Gasteiger partial charge >= 0.3 is 5.97 Å². The average molecular weight is 257 g/mol. The first-order valence-corrected chi connectivity index (χ1v) is 6.50. The van der Waals surface area contributed by atoms with Crippen LogP contribution < -0.4 is 0 Å². The Labute approximate surface area is 106 Å². The lowest BCUT2D eigenvalue weighted by Crippen LogP contribution is -2.22. The second-order valence-corrected chi connectivity index (χ2v) is 4.87. The van der Waals surface area contributed by atoms with E-state index in [0.717, 1.165) is 17.1 Å². The van der Waals surface area contributed by atoms with Gasteiger partial charge in [-0.3, -0.25) is 4.79 Å².